The van der Waals surface area contributed by atoms with Crippen LogP contribution in [0.2, 0.25) is 0 Å². The van der Waals surface area contributed by atoms with E-state index in [1.807, 2.05) is 0 Å². The topological polar surface area (TPSA) is 122 Å². The molecule has 0 aliphatic rings. The van der Waals surface area contributed by atoms with Gasteiger partial charge in [0.1, 0.15) is 12.3 Å². The smallest absolute Gasteiger partial charge is 0.252 e. The van der Waals surface area contributed by atoms with Crippen molar-refractivity contribution in [1.82, 2.24) is 10.5 Å². The predicted molar refractivity (Wildman–Crippen MR) is 99.8 cm³/mol. The molecule has 3 N–H and O–H groups in total. The molecule has 2 aromatic carbocycles. The van der Waals surface area contributed by atoms with Crippen LogP contribution in [0.1, 0.15) is 26.3 Å². The number of carbonyl (C=O) groups excluding carboxylic acids is 3. The van der Waals surface area contributed by atoms with Gasteiger partial charge in [-0.05, 0) is 12.1 Å². The molecule has 0 spiro atoms. The third kappa shape index (κ3) is 4.49. The second-order valence-electron chi connectivity index (χ2n) is 5.86. The summed E-state index contributed by atoms with van der Waals surface area (Å²) in [6.07, 6.45) is 1.28. The highest BCUT2D eigenvalue weighted by Gasteiger charge is 2.22. The molecule has 0 radical (unpaired) electrons. The predicted octanol–water partition coefficient (Wildman–Crippen LogP) is 1.63. The molecule has 1 atom stereocenters. The van der Waals surface area contributed by atoms with Gasteiger partial charge in [0.15, 0.2) is 11.6 Å². The molecule has 0 bridgehead atoms. The number of nitrogens with zero attached hydrogens (tertiary/aromatic N) is 1. The lowest BCUT2D eigenvalue weighted by Crippen LogP contribution is -2.46. The van der Waals surface area contributed by atoms with Gasteiger partial charge in [0, 0.05) is 22.8 Å². The lowest BCUT2D eigenvalue weighted by molar-refractivity contribution is -0.118. The average Bonchev–Trinajstić information content (AvgIpc) is 3.25. The fraction of sp³-hybridized carbons (Fsp3) is 0.100. The Bertz CT molecular complexity index is 971. The monoisotopic (exact) mass is 379 g/mol. The largest absolute Gasteiger partial charge is 0.394 e. The van der Waals surface area contributed by atoms with Crippen LogP contribution in [0.25, 0.3) is 0 Å². The second-order valence-corrected chi connectivity index (χ2v) is 5.86. The highest BCUT2D eigenvalue weighted by Crippen LogP contribution is 2.12. The van der Waals surface area contributed by atoms with Crippen LogP contribution in [0.5, 0.6) is 0 Å². The van der Waals surface area contributed by atoms with E-state index in [0.29, 0.717) is 11.1 Å². The number of hydrogen-bond acceptors (Lipinski definition) is 6. The van der Waals surface area contributed by atoms with E-state index in [-0.39, 0.29) is 17.2 Å². The Morgan fingerprint density at radius 3 is 2.36 bits per heavy atom. The molecule has 3 rings (SSSR count). The van der Waals surface area contributed by atoms with Gasteiger partial charge in [-0.25, -0.2) is 0 Å². The van der Waals surface area contributed by atoms with Gasteiger partial charge < -0.3 is 20.3 Å². The van der Waals surface area contributed by atoms with Crippen molar-refractivity contribution in [2.75, 3.05) is 11.9 Å². The van der Waals surface area contributed by atoms with E-state index in [1.165, 1.54) is 24.5 Å². The van der Waals surface area contributed by atoms with E-state index in [9.17, 15) is 19.5 Å². The van der Waals surface area contributed by atoms with Gasteiger partial charge in [0.05, 0.1) is 6.61 Å². The van der Waals surface area contributed by atoms with Crippen LogP contribution < -0.4 is 10.6 Å². The van der Waals surface area contributed by atoms with Crippen molar-refractivity contribution in [1.29, 1.82) is 0 Å². The number of anilines is 1. The number of carbonyl (C=O) groups is 3. The highest BCUT2D eigenvalue weighted by atomic mass is 16.5. The number of hydrogen-bond donors (Lipinski definition) is 3. The zero-order chi connectivity index (χ0) is 19.9. The number of benzene rings is 2. The first-order valence-corrected chi connectivity index (χ1v) is 8.41. The van der Waals surface area contributed by atoms with Crippen LogP contribution in [0.3, 0.4) is 0 Å². The lowest BCUT2D eigenvalue weighted by atomic mass is 10.0. The summed E-state index contributed by atoms with van der Waals surface area (Å²) in [7, 11) is 0. The molecule has 1 heterocycles. The standard InChI is InChI=1S/C20H17N3O5/c24-12-16(20(27)22-17-9-10-28-23-17)21-19(26)15-8-4-7-14(11-15)18(25)13-5-2-1-3-6-13/h1-11,16,24H,12H2,(H,21,26)(H,22,23,27). The van der Waals surface area contributed by atoms with Gasteiger partial charge in [0.2, 0.25) is 0 Å². The summed E-state index contributed by atoms with van der Waals surface area (Å²) < 4.78 is 4.60. The van der Waals surface area contributed by atoms with Crippen molar-refractivity contribution in [3.8, 4) is 0 Å². The van der Waals surface area contributed by atoms with Gasteiger partial charge in [-0.2, -0.15) is 0 Å². The van der Waals surface area contributed by atoms with Crippen molar-refractivity contribution >= 4 is 23.4 Å². The lowest BCUT2D eigenvalue weighted by Gasteiger charge is -2.15. The van der Waals surface area contributed by atoms with Crippen molar-refractivity contribution in [2.24, 2.45) is 0 Å². The number of rotatable bonds is 7. The van der Waals surface area contributed by atoms with Crippen LogP contribution in [0.4, 0.5) is 5.82 Å². The van der Waals surface area contributed by atoms with E-state index in [1.54, 1.807) is 42.5 Å². The first-order chi connectivity index (χ1) is 13.6. The summed E-state index contributed by atoms with van der Waals surface area (Å²) in [4.78, 5) is 37.2. The Hall–Kier alpha value is -3.78. The molecule has 0 aliphatic carbocycles. The Morgan fingerprint density at radius 1 is 0.964 bits per heavy atom. The third-order valence-electron chi connectivity index (χ3n) is 3.92. The minimum Gasteiger partial charge on any atom is -0.394 e. The molecule has 0 saturated carbocycles. The van der Waals surface area contributed by atoms with Gasteiger partial charge in [-0.1, -0.05) is 47.6 Å². The van der Waals surface area contributed by atoms with E-state index in [2.05, 4.69) is 20.3 Å². The molecule has 0 aliphatic heterocycles. The Balaban J connectivity index is 1.71. The summed E-state index contributed by atoms with van der Waals surface area (Å²) in [5.41, 5.74) is 1.03. The van der Waals surface area contributed by atoms with Crippen LogP contribution in [-0.4, -0.2) is 40.5 Å². The normalized spacial score (nSPS) is 11.5. The summed E-state index contributed by atoms with van der Waals surface area (Å²) in [5, 5.41) is 17.8. The molecule has 2 amide bonds. The molecule has 1 unspecified atom stereocenters. The van der Waals surface area contributed by atoms with Crippen molar-refractivity contribution in [3.05, 3.63) is 83.6 Å². The quantitative estimate of drug-likeness (QED) is 0.537. The maximum atomic E-state index is 12.5. The number of nitrogens with one attached hydrogen (secondary N) is 2. The zero-order valence-electron chi connectivity index (χ0n) is 14.7. The maximum absolute atomic E-state index is 12.5. The van der Waals surface area contributed by atoms with E-state index < -0.39 is 24.5 Å². The van der Waals surface area contributed by atoms with Gasteiger partial charge in [-0.3, -0.25) is 14.4 Å². The number of aliphatic hydroxyl groups excluding tert-OH is 1. The summed E-state index contributed by atoms with van der Waals surface area (Å²) in [6, 6.07) is 15.0. The van der Waals surface area contributed by atoms with Crippen LogP contribution in [-0.2, 0) is 4.79 Å². The molecule has 3 aromatic rings. The molecular formula is C20H17N3O5. The number of aromatic nitrogens is 1. The first-order valence-electron chi connectivity index (χ1n) is 8.41. The molecule has 8 nitrogen and oxygen atoms in total. The fourth-order valence-corrected chi connectivity index (χ4v) is 2.48. The fourth-order valence-electron chi connectivity index (χ4n) is 2.48. The number of ketones is 1. The van der Waals surface area contributed by atoms with Crippen LogP contribution in [0.15, 0.2) is 71.4 Å². The zero-order valence-corrected chi connectivity index (χ0v) is 14.7. The van der Waals surface area contributed by atoms with E-state index in [4.69, 9.17) is 0 Å². The second kappa shape index (κ2) is 8.74. The number of amides is 2. The minimum atomic E-state index is -1.20. The Kier molecular flexibility index (Phi) is 5.93. The van der Waals surface area contributed by atoms with Gasteiger partial charge in [0.25, 0.3) is 11.8 Å². The van der Waals surface area contributed by atoms with E-state index in [0.717, 1.165) is 0 Å². The highest BCUT2D eigenvalue weighted by molar-refractivity contribution is 6.10. The van der Waals surface area contributed by atoms with Crippen molar-refractivity contribution < 1.29 is 24.0 Å². The van der Waals surface area contributed by atoms with Crippen molar-refractivity contribution in [2.45, 2.75) is 6.04 Å². The molecule has 1 aromatic heterocycles. The SMILES string of the molecule is O=C(NC(CO)C(=O)Nc1ccon1)c1cccc(C(=O)c2ccccc2)c1. The van der Waals surface area contributed by atoms with Gasteiger partial charge in [-0.15, -0.1) is 0 Å². The third-order valence-corrected chi connectivity index (χ3v) is 3.92. The molecular weight excluding hydrogens is 362 g/mol. The molecule has 0 saturated heterocycles. The first kappa shape index (κ1) is 19.0. The van der Waals surface area contributed by atoms with E-state index >= 15 is 0 Å². The van der Waals surface area contributed by atoms with Gasteiger partial charge >= 0.3 is 0 Å². The summed E-state index contributed by atoms with van der Waals surface area (Å²) >= 11 is 0. The molecule has 8 heteroatoms. The maximum Gasteiger partial charge on any atom is 0.252 e. The summed E-state index contributed by atoms with van der Waals surface area (Å²) in [5.74, 6) is -1.32. The van der Waals surface area contributed by atoms with Crippen LogP contribution in [0, 0.1) is 0 Å². The molecule has 0 fully saturated rings. The Labute approximate surface area is 160 Å². The minimum absolute atomic E-state index is 0.160. The molecule has 28 heavy (non-hydrogen) atoms. The van der Waals surface area contributed by atoms with Crippen LogP contribution >= 0.6 is 0 Å². The molecule has 142 valence electrons. The number of aliphatic hydroxyl groups is 1. The van der Waals surface area contributed by atoms with Crippen molar-refractivity contribution in [3.63, 3.8) is 0 Å². The Morgan fingerprint density at radius 2 is 1.68 bits per heavy atom. The average molecular weight is 379 g/mol. The summed E-state index contributed by atoms with van der Waals surface area (Å²) in [6.45, 7) is -0.613.